The Morgan fingerprint density at radius 3 is 3.00 bits per heavy atom. The molecule has 7 nitrogen and oxygen atoms in total. The van der Waals surface area contributed by atoms with E-state index in [0.29, 0.717) is 13.0 Å². The summed E-state index contributed by atoms with van der Waals surface area (Å²) in [7, 11) is 1.89. The number of nitrogens with zero attached hydrogens (tertiary/aromatic N) is 4. The average molecular weight is 226 g/mol. The Labute approximate surface area is 94.3 Å². The highest BCUT2D eigenvalue weighted by atomic mass is 16.4. The highest BCUT2D eigenvalue weighted by molar-refractivity contribution is 5.80. The quantitative estimate of drug-likeness (QED) is 0.270. The normalized spacial score (nSPS) is 14.0. The summed E-state index contributed by atoms with van der Waals surface area (Å²) >= 11 is 0. The molecule has 0 fully saturated rings. The summed E-state index contributed by atoms with van der Waals surface area (Å²) < 4.78 is 1.85. The molecule has 1 atom stereocenters. The average Bonchev–Trinajstić information content (AvgIpc) is 2.69. The molecular weight excluding hydrogens is 208 g/mol. The fourth-order valence-electron chi connectivity index (χ4n) is 1.36. The van der Waals surface area contributed by atoms with Gasteiger partial charge in [0.15, 0.2) is 0 Å². The van der Waals surface area contributed by atoms with Crippen LogP contribution in [0.5, 0.6) is 0 Å². The third-order valence-electron chi connectivity index (χ3n) is 2.43. The van der Waals surface area contributed by atoms with E-state index in [9.17, 15) is 0 Å². The van der Waals surface area contributed by atoms with Gasteiger partial charge in [-0.25, -0.2) is 0 Å². The maximum absolute atomic E-state index is 8.48. The summed E-state index contributed by atoms with van der Waals surface area (Å²) in [5, 5.41) is 22.5. The molecule has 16 heavy (non-hydrogen) atoms. The molecule has 1 aromatic rings. The molecule has 0 aromatic carbocycles. The fourth-order valence-corrected chi connectivity index (χ4v) is 1.36. The molecule has 0 bridgehead atoms. The van der Waals surface area contributed by atoms with Crippen molar-refractivity contribution in [3.8, 4) is 0 Å². The SMILES string of the molecule is CCC(CC(N)=NO)NCc1nncn1C. The Bertz CT molecular complexity index is 348. The van der Waals surface area contributed by atoms with Crippen molar-refractivity contribution in [3.63, 3.8) is 0 Å². The van der Waals surface area contributed by atoms with Gasteiger partial charge in [-0.15, -0.1) is 10.2 Å². The summed E-state index contributed by atoms with van der Waals surface area (Å²) in [5.74, 6) is 1.09. The lowest BCUT2D eigenvalue weighted by molar-refractivity contribution is 0.315. The minimum absolute atomic E-state index is 0.174. The molecule has 1 heterocycles. The number of aromatic nitrogens is 3. The Kier molecular flexibility index (Phi) is 4.71. The molecule has 0 aliphatic rings. The van der Waals surface area contributed by atoms with Crippen LogP contribution in [0, 0.1) is 0 Å². The van der Waals surface area contributed by atoms with Crippen LogP contribution in [0.1, 0.15) is 25.6 Å². The number of oxime groups is 1. The van der Waals surface area contributed by atoms with Gasteiger partial charge in [0, 0.05) is 19.5 Å². The van der Waals surface area contributed by atoms with Crippen LogP contribution in [0.25, 0.3) is 0 Å². The number of hydrogen-bond acceptors (Lipinski definition) is 5. The number of hydrogen-bond donors (Lipinski definition) is 3. The number of rotatable bonds is 6. The standard InChI is InChI=1S/C9H18N6O/c1-3-7(4-8(10)14-16)11-5-9-13-12-6-15(9)2/h6-7,11,16H,3-5H2,1-2H3,(H2,10,14). The zero-order valence-electron chi connectivity index (χ0n) is 9.59. The van der Waals surface area contributed by atoms with Crippen LogP contribution >= 0.6 is 0 Å². The lowest BCUT2D eigenvalue weighted by atomic mass is 10.1. The molecule has 1 rings (SSSR count). The molecule has 0 aliphatic heterocycles. The molecule has 90 valence electrons. The van der Waals surface area contributed by atoms with E-state index >= 15 is 0 Å². The van der Waals surface area contributed by atoms with Crippen molar-refractivity contribution in [2.45, 2.75) is 32.4 Å². The van der Waals surface area contributed by atoms with Crippen molar-refractivity contribution < 1.29 is 5.21 Å². The topological polar surface area (TPSA) is 101 Å². The molecule has 0 amide bonds. The van der Waals surface area contributed by atoms with Gasteiger partial charge in [-0.05, 0) is 6.42 Å². The molecule has 0 aliphatic carbocycles. The minimum atomic E-state index is 0.174. The van der Waals surface area contributed by atoms with E-state index in [-0.39, 0.29) is 11.9 Å². The predicted molar refractivity (Wildman–Crippen MR) is 59.9 cm³/mol. The van der Waals surface area contributed by atoms with E-state index < -0.39 is 0 Å². The maximum Gasteiger partial charge on any atom is 0.146 e. The van der Waals surface area contributed by atoms with Crippen molar-refractivity contribution in [1.29, 1.82) is 0 Å². The molecule has 0 spiro atoms. The van der Waals surface area contributed by atoms with Gasteiger partial charge < -0.3 is 20.8 Å². The Hall–Kier alpha value is -1.63. The second kappa shape index (κ2) is 6.06. The van der Waals surface area contributed by atoms with E-state index in [4.69, 9.17) is 10.9 Å². The number of aryl methyl sites for hydroxylation is 1. The zero-order valence-corrected chi connectivity index (χ0v) is 9.59. The van der Waals surface area contributed by atoms with Crippen molar-refractivity contribution in [2.75, 3.05) is 0 Å². The van der Waals surface area contributed by atoms with Gasteiger partial charge in [-0.3, -0.25) is 0 Å². The first-order valence-corrected chi connectivity index (χ1v) is 5.20. The molecular formula is C9H18N6O. The van der Waals surface area contributed by atoms with Gasteiger partial charge in [0.1, 0.15) is 18.0 Å². The van der Waals surface area contributed by atoms with Crippen LogP contribution in [0.4, 0.5) is 0 Å². The second-order valence-electron chi connectivity index (χ2n) is 3.64. The molecule has 4 N–H and O–H groups in total. The summed E-state index contributed by atoms with van der Waals surface area (Å²) in [5.41, 5.74) is 5.46. The van der Waals surface area contributed by atoms with E-state index in [1.54, 1.807) is 6.33 Å². The van der Waals surface area contributed by atoms with E-state index in [1.165, 1.54) is 0 Å². The molecule has 0 radical (unpaired) electrons. The Morgan fingerprint density at radius 1 is 1.75 bits per heavy atom. The van der Waals surface area contributed by atoms with E-state index in [1.807, 2.05) is 18.5 Å². The second-order valence-corrected chi connectivity index (χ2v) is 3.64. The summed E-state index contributed by atoms with van der Waals surface area (Å²) in [6, 6.07) is 0.174. The summed E-state index contributed by atoms with van der Waals surface area (Å²) in [6.07, 6.45) is 3.07. The molecule has 1 unspecified atom stereocenters. The zero-order chi connectivity index (χ0) is 12.0. The van der Waals surface area contributed by atoms with Crippen LogP contribution in [0.15, 0.2) is 11.5 Å². The van der Waals surface area contributed by atoms with Crippen molar-refractivity contribution >= 4 is 5.84 Å². The first-order chi connectivity index (χ1) is 7.67. The fraction of sp³-hybridized carbons (Fsp3) is 0.667. The minimum Gasteiger partial charge on any atom is -0.409 e. The first-order valence-electron chi connectivity index (χ1n) is 5.20. The van der Waals surface area contributed by atoms with Crippen molar-refractivity contribution in [3.05, 3.63) is 12.2 Å². The van der Waals surface area contributed by atoms with Crippen LogP contribution in [-0.2, 0) is 13.6 Å². The number of nitrogens with one attached hydrogen (secondary N) is 1. The van der Waals surface area contributed by atoms with E-state index in [0.717, 1.165) is 12.2 Å². The lowest BCUT2D eigenvalue weighted by Gasteiger charge is -2.15. The molecule has 1 aromatic heterocycles. The molecule has 0 saturated carbocycles. The van der Waals surface area contributed by atoms with Crippen molar-refractivity contribution in [2.24, 2.45) is 17.9 Å². The smallest absolute Gasteiger partial charge is 0.146 e. The predicted octanol–water partition coefficient (Wildman–Crippen LogP) is -0.180. The number of nitrogens with two attached hydrogens (primary N) is 1. The van der Waals surface area contributed by atoms with Crippen LogP contribution in [0.2, 0.25) is 0 Å². The third kappa shape index (κ3) is 3.50. The van der Waals surface area contributed by atoms with Crippen LogP contribution < -0.4 is 11.1 Å². The van der Waals surface area contributed by atoms with Gasteiger partial charge in [-0.2, -0.15) is 0 Å². The van der Waals surface area contributed by atoms with Gasteiger partial charge in [0.05, 0.1) is 6.54 Å². The highest BCUT2D eigenvalue weighted by Crippen LogP contribution is 2.00. The van der Waals surface area contributed by atoms with Gasteiger partial charge in [-0.1, -0.05) is 12.1 Å². The highest BCUT2D eigenvalue weighted by Gasteiger charge is 2.09. The van der Waals surface area contributed by atoms with E-state index in [2.05, 4.69) is 20.7 Å². The third-order valence-corrected chi connectivity index (χ3v) is 2.43. The van der Waals surface area contributed by atoms with Crippen LogP contribution in [-0.4, -0.2) is 31.8 Å². The first kappa shape index (κ1) is 12.4. The molecule has 0 saturated heterocycles. The largest absolute Gasteiger partial charge is 0.409 e. The monoisotopic (exact) mass is 226 g/mol. The van der Waals surface area contributed by atoms with Crippen LogP contribution in [0.3, 0.4) is 0 Å². The van der Waals surface area contributed by atoms with Gasteiger partial charge in [0.2, 0.25) is 0 Å². The maximum atomic E-state index is 8.48. The summed E-state index contributed by atoms with van der Waals surface area (Å²) in [6.45, 7) is 2.66. The molecule has 7 heteroatoms. The Morgan fingerprint density at radius 2 is 2.50 bits per heavy atom. The van der Waals surface area contributed by atoms with Crippen molar-refractivity contribution in [1.82, 2.24) is 20.1 Å². The lowest BCUT2D eigenvalue weighted by Crippen LogP contribution is -2.33. The van der Waals surface area contributed by atoms with Gasteiger partial charge in [0.25, 0.3) is 0 Å². The number of amidine groups is 1. The van der Waals surface area contributed by atoms with Gasteiger partial charge >= 0.3 is 0 Å². The Balaban J connectivity index is 2.43. The summed E-state index contributed by atoms with van der Waals surface area (Å²) in [4.78, 5) is 0.